The van der Waals surface area contributed by atoms with Gasteiger partial charge in [-0.1, -0.05) is 6.92 Å². The Morgan fingerprint density at radius 1 is 1.44 bits per heavy atom. The highest BCUT2D eigenvalue weighted by Crippen LogP contribution is 2.35. The van der Waals surface area contributed by atoms with E-state index < -0.39 is 0 Å². The van der Waals surface area contributed by atoms with Gasteiger partial charge in [-0.3, -0.25) is 4.90 Å². The minimum absolute atomic E-state index is 0.293. The molecule has 3 heteroatoms. The van der Waals surface area contributed by atoms with Crippen LogP contribution in [0.4, 0.5) is 0 Å². The molecular weight excluding hydrogens is 198 g/mol. The maximum Gasteiger partial charge on any atom is 0.0355 e. The Morgan fingerprint density at radius 2 is 2.25 bits per heavy atom. The topological polar surface area (TPSA) is 32.5 Å². The predicted octanol–water partition coefficient (Wildman–Crippen LogP) is 1.28. The van der Waals surface area contributed by atoms with Crippen LogP contribution in [0.1, 0.15) is 39.0 Å². The second-order valence-electron chi connectivity index (χ2n) is 5.64. The van der Waals surface area contributed by atoms with Crippen molar-refractivity contribution in [3.05, 3.63) is 0 Å². The Labute approximate surface area is 100.0 Å². The van der Waals surface area contributed by atoms with Crippen LogP contribution in [0.15, 0.2) is 0 Å². The molecule has 2 atom stereocenters. The third-order valence-electron chi connectivity index (χ3n) is 4.73. The van der Waals surface area contributed by atoms with Gasteiger partial charge in [0.1, 0.15) is 0 Å². The summed E-state index contributed by atoms with van der Waals surface area (Å²) in [6, 6.07) is 0.816. The second kappa shape index (κ2) is 5.03. The fraction of sp³-hybridized carbons (Fsp3) is 1.00. The molecule has 2 N–H and O–H groups in total. The largest absolute Gasteiger partial charge is 0.329 e. The van der Waals surface area contributed by atoms with Crippen molar-refractivity contribution in [1.29, 1.82) is 0 Å². The van der Waals surface area contributed by atoms with Gasteiger partial charge in [0, 0.05) is 24.7 Å². The molecule has 0 radical (unpaired) electrons. The van der Waals surface area contributed by atoms with Crippen molar-refractivity contribution in [3.63, 3.8) is 0 Å². The van der Waals surface area contributed by atoms with E-state index in [9.17, 15) is 0 Å². The number of hydrogen-bond acceptors (Lipinski definition) is 3. The van der Waals surface area contributed by atoms with Gasteiger partial charge in [0.15, 0.2) is 0 Å². The molecule has 0 bridgehead atoms. The standard InChI is InChI=1S/C13H27N3/c1-3-7-15(2)13(11-14)6-9-16-8-4-5-12(16)10-13/h12H,3-11,14H2,1-2H3. The summed E-state index contributed by atoms with van der Waals surface area (Å²) in [5.74, 6) is 0. The van der Waals surface area contributed by atoms with Gasteiger partial charge < -0.3 is 10.6 Å². The quantitative estimate of drug-likeness (QED) is 0.782. The number of piperidine rings is 1. The molecule has 2 aliphatic heterocycles. The van der Waals surface area contributed by atoms with Crippen LogP contribution < -0.4 is 5.73 Å². The molecule has 0 spiro atoms. The number of hydrogen-bond donors (Lipinski definition) is 1. The summed E-state index contributed by atoms with van der Waals surface area (Å²) in [6.07, 6.45) is 6.56. The van der Waals surface area contributed by atoms with E-state index in [2.05, 4.69) is 23.8 Å². The normalized spacial score (nSPS) is 35.6. The Bertz CT molecular complexity index is 231. The molecule has 3 nitrogen and oxygen atoms in total. The summed E-state index contributed by atoms with van der Waals surface area (Å²) >= 11 is 0. The van der Waals surface area contributed by atoms with Gasteiger partial charge in [0.25, 0.3) is 0 Å². The van der Waals surface area contributed by atoms with Crippen molar-refractivity contribution in [2.45, 2.75) is 50.6 Å². The van der Waals surface area contributed by atoms with E-state index in [1.807, 2.05) is 0 Å². The van der Waals surface area contributed by atoms with Gasteiger partial charge in [-0.15, -0.1) is 0 Å². The third kappa shape index (κ3) is 2.13. The summed E-state index contributed by atoms with van der Waals surface area (Å²) in [6.45, 7) is 6.85. The Balaban J connectivity index is 2.04. The number of fused-ring (bicyclic) bond motifs is 1. The molecule has 2 heterocycles. The molecule has 2 unspecified atom stereocenters. The molecule has 2 fully saturated rings. The summed E-state index contributed by atoms with van der Waals surface area (Å²) < 4.78 is 0. The van der Waals surface area contributed by atoms with Crippen molar-refractivity contribution in [2.24, 2.45) is 5.73 Å². The molecule has 0 aromatic heterocycles. The van der Waals surface area contributed by atoms with Crippen LogP contribution in [0.2, 0.25) is 0 Å². The number of rotatable bonds is 4. The fourth-order valence-electron chi connectivity index (χ4n) is 3.57. The van der Waals surface area contributed by atoms with Crippen molar-refractivity contribution < 1.29 is 0 Å². The molecule has 0 saturated carbocycles. The van der Waals surface area contributed by atoms with Crippen LogP contribution in [0, 0.1) is 0 Å². The van der Waals surface area contributed by atoms with E-state index in [0.29, 0.717) is 5.54 Å². The molecule has 2 aliphatic rings. The average molecular weight is 225 g/mol. The SMILES string of the molecule is CCCN(C)C1(CN)CCN2CCCC2C1. The zero-order chi connectivity index (χ0) is 11.6. The smallest absolute Gasteiger partial charge is 0.0355 e. The first-order valence-electron chi connectivity index (χ1n) is 6.87. The minimum atomic E-state index is 0.293. The second-order valence-corrected chi connectivity index (χ2v) is 5.64. The van der Waals surface area contributed by atoms with Gasteiger partial charge in [-0.2, -0.15) is 0 Å². The van der Waals surface area contributed by atoms with Gasteiger partial charge in [-0.05, 0) is 52.2 Å². The predicted molar refractivity (Wildman–Crippen MR) is 68.5 cm³/mol. The maximum absolute atomic E-state index is 6.09. The van der Waals surface area contributed by atoms with Crippen LogP contribution >= 0.6 is 0 Å². The molecule has 2 saturated heterocycles. The fourth-order valence-corrected chi connectivity index (χ4v) is 3.57. The van der Waals surface area contributed by atoms with E-state index in [-0.39, 0.29) is 0 Å². The van der Waals surface area contributed by atoms with Gasteiger partial charge >= 0.3 is 0 Å². The Morgan fingerprint density at radius 3 is 2.94 bits per heavy atom. The highest BCUT2D eigenvalue weighted by atomic mass is 15.3. The lowest BCUT2D eigenvalue weighted by atomic mass is 9.82. The number of nitrogens with zero attached hydrogens (tertiary/aromatic N) is 2. The van der Waals surface area contributed by atoms with E-state index in [0.717, 1.165) is 12.6 Å². The zero-order valence-corrected chi connectivity index (χ0v) is 10.9. The van der Waals surface area contributed by atoms with E-state index >= 15 is 0 Å². The van der Waals surface area contributed by atoms with E-state index in [1.165, 1.54) is 51.7 Å². The highest BCUT2D eigenvalue weighted by Gasteiger charge is 2.42. The molecule has 0 aromatic rings. The monoisotopic (exact) mass is 225 g/mol. The van der Waals surface area contributed by atoms with Gasteiger partial charge in [0.05, 0.1) is 0 Å². The molecular formula is C13H27N3. The lowest BCUT2D eigenvalue weighted by Gasteiger charge is -2.49. The van der Waals surface area contributed by atoms with Crippen LogP contribution in [-0.2, 0) is 0 Å². The van der Waals surface area contributed by atoms with Crippen molar-refractivity contribution in [2.75, 3.05) is 33.2 Å². The Kier molecular flexibility index (Phi) is 3.88. The first-order chi connectivity index (χ1) is 7.72. The van der Waals surface area contributed by atoms with Crippen LogP contribution in [0.3, 0.4) is 0 Å². The zero-order valence-electron chi connectivity index (χ0n) is 10.9. The first kappa shape index (κ1) is 12.3. The molecule has 0 aliphatic carbocycles. The summed E-state index contributed by atoms with van der Waals surface area (Å²) in [4.78, 5) is 5.20. The van der Waals surface area contributed by atoms with Crippen LogP contribution in [0.25, 0.3) is 0 Å². The number of nitrogens with two attached hydrogens (primary N) is 1. The molecule has 2 rings (SSSR count). The van der Waals surface area contributed by atoms with Crippen LogP contribution in [0.5, 0.6) is 0 Å². The molecule has 16 heavy (non-hydrogen) atoms. The lowest BCUT2D eigenvalue weighted by molar-refractivity contribution is 0.0268. The molecule has 94 valence electrons. The molecule has 0 aromatic carbocycles. The summed E-state index contributed by atoms with van der Waals surface area (Å²) in [5, 5.41) is 0. The van der Waals surface area contributed by atoms with Gasteiger partial charge in [0.2, 0.25) is 0 Å². The van der Waals surface area contributed by atoms with E-state index in [1.54, 1.807) is 0 Å². The molecule has 0 amide bonds. The van der Waals surface area contributed by atoms with Crippen molar-refractivity contribution in [1.82, 2.24) is 9.80 Å². The summed E-state index contributed by atoms with van der Waals surface area (Å²) in [7, 11) is 2.26. The minimum Gasteiger partial charge on any atom is -0.329 e. The van der Waals surface area contributed by atoms with Crippen molar-refractivity contribution >= 4 is 0 Å². The average Bonchev–Trinajstić information content (AvgIpc) is 2.75. The maximum atomic E-state index is 6.09. The number of likely N-dealkylation sites (N-methyl/N-ethyl adjacent to an activating group) is 1. The summed E-state index contributed by atoms with van der Waals surface area (Å²) in [5.41, 5.74) is 6.39. The van der Waals surface area contributed by atoms with E-state index in [4.69, 9.17) is 5.73 Å². The van der Waals surface area contributed by atoms with Crippen LogP contribution in [-0.4, -0.2) is 54.6 Å². The van der Waals surface area contributed by atoms with Crippen molar-refractivity contribution in [3.8, 4) is 0 Å². The first-order valence-corrected chi connectivity index (χ1v) is 6.87. The Hall–Kier alpha value is -0.120. The van der Waals surface area contributed by atoms with Gasteiger partial charge in [-0.25, -0.2) is 0 Å². The lowest BCUT2D eigenvalue weighted by Crippen LogP contribution is -2.60. The third-order valence-corrected chi connectivity index (χ3v) is 4.73. The highest BCUT2D eigenvalue weighted by molar-refractivity contribution is 5.00.